The molecule has 8 heteroatoms. The number of aromatic amines is 1. The molecule has 1 fully saturated rings. The Balaban J connectivity index is 1.67. The first-order chi connectivity index (χ1) is 14.0. The third-order valence-corrected chi connectivity index (χ3v) is 8.09. The predicted octanol–water partition coefficient (Wildman–Crippen LogP) is 4.19. The summed E-state index contributed by atoms with van der Waals surface area (Å²) in [6, 6.07) is 14.5. The second-order valence-electron chi connectivity index (χ2n) is 7.09. The van der Waals surface area contributed by atoms with Crippen LogP contribution < -0.4 is 9.77 Å². The molecule has 2 amide bonds. The van der Waals surface area contributed by atoms with Crippen LogP contribution in [0.3, 0.4) is 0 Å². The van der Waals surface area contributed by atoms with E-state index in [0.29, 0.717) is 15.7 Å². The number of thiazole rings is 1. The number of carbonyl (C=O) groups excluding carboxylic acids is 2. The van der Waals surface area contributed by atoms with Crippen LogP contribution in [0.4, 0.5) is 5.69 Å². The third kappa shape index (κ3) is 2.87. The number of hydrogen-bond donors (Lipinski definition) is 1. The van der Waals surface area contributed by atoms with Crippen molar-refractivity contribution in [2.45, 2.75) is 23.1 Å². The summed E-state index contributed by atoms with van der Waals surface area (Å²) in [6.07, 6.45) is 0. The molecule has 3 heterocycles. The zero-order chi connectivity index (χ0) is 20.3. The number of fused-ring (bicyclic) bond motifs is 2. The molecule has 0 spiro atoms. The zero-order valence-electron chi connectivity index (χ0n) is 15.2. The highest BCUT2D eigenvalue weighted by molar-refractivity contribution is 8.00. The number of thioether (sulfide) groups is 1. The molecular formula is C21H15ClN2O3S2. The third-order valence-electron chi connectivity index (χ3n) is 5.43. The minimum absolute atomic E-state index is 0.171. The first kappa shape index (κ1) is 18.7. The first-order valence-electron chi connectivity index (χ1n) is 9.04. The van der Waals surface area contributed by atoms with Crippen molar-refractivity contribution in [3.8, 4) is 0 Å². The first-order valence-corrected chi connectivity index (χ1v) is 11.1. The minimum atomic E-state index is -0.583. The molecule has 1 saturated heterocycles. The normalized spacial score (nSPS) is 23.2. The topological polar surface area (TPSA) is 70.2 Å². The van der Waals surface area contributed by atoms with Crippen molar-refractivity contribution in [3.63, 3.8) is 0 Å². The largest absolute Gasteiger partial charge is 0.307 e. The van der Waals surface area contributed by atoms with E-state index in [0.717, 1.165) is 27.3 Å². The lowest BCUT2D eigenvalue weighted by molar-refractivity contribution is -0.122. The average molecular weight is 443 g/mol. The van der Waals surface area contributed by atoms with Crippen LogP contribution in [0.15, 0.2) is 58.4 Å². The van der Waals surface area contributed by atoms with Gasteiger partial charge in [0.1, 0.15) is 5.25 Å². The summed E-state index contributed by atoms with van der Waals surface area (Å²) in [5, 5.41) is 0.645. The molecule has 0 saturated carbocycles. The van der Waals surface area contributed by atoms with Crippen LogP contribution in [-0.4, -0.2) is 22.0 Å². The summed E-state index contributed by atoms with van der Waals surface area (Å²) in [5.74, 6) is -1.41. The highest BCUT2D eigenvalue weighted by atomic mass is 35.5. The summed E-state index contributed by atoms with van der Waals surface area (Å²) in [6.45, 7) is 1.99. The molecule has 1 aromatic heterocycles. The fourth-order valence-electron chi connectivity index (χ4n) is 4.13. The van der Waals surface area contributed by atoms with Gasteiger partial charge in [-0.05, 0) is 42.3 Å². The fourth-order valence-corrected chi connectivity index (χ4v) is 6.76. The van der Waals surface area contributed by atoms with Gasteiger partial charge in [0, 0.05) is 15.8 Å². The Morgan fingerprint density at radius 1 is 1.00 bits per heavy atom. The van der Waals surface area contributed by atoms with E-state index in [4.69, 9.17) is 11.6 Å². The van der Waals surface area contributed by atoms with Gasteiger partial charge < -0.3 is 4.98 Å². The quantitative estimate of drug-likeness (QED) is 0.604. The number of nitrogens with one attached hydrogen (secondary N) is 1. The molecule has 3 aromatic rings. The molecule has 2 aliphatic rings. The van der Waals surface area contributed by atoms with Gasteiger partial charge in [-0.1, -0.05) is 59.0 Å². The Kier molecular flexibility index (Phi) is 4.42. The number of amides is 2. The second-order valence-corrected chi connectivity index (χ2v) is 9.70. The molecule has 0 radical (unpaired) electrons. The number of aryl methyl sites for hydroxylation is 1. The van der Waals surface area contributed by atoms with Crippen LogP contribution in [0.2, 0.25) is 5.02 Å². The maximum atomic E-state index is 13.5. The Morgan fingerprint density at radius 3 is 2.45 bits per heavy atom. The van der Waals surface area contributed by atoms with Crippen LogP contribution in [0.25, 0.3) is 0 Å². The lowest BCUT2D eigenvalue weighted by Crippen LogP contribution is -2.32. The minimum Gasteiger partial charge on any atom is -0.307 e. The van der Waals surface area contributed by atoms with Crippen molar-refractivity contribution < 1.29 is 9.59 Å². The number of carbonyl (C=O) groups is 2. The SMILES string of the molecule is Cc1ccccc1C1c2sc(=O)[nH]c2SC2C(=O)N(c3ccc(Cl)cc3)C(=O)C21. The summed E-state index contributed by atoms with van der Waals surface area (Å²) in [7, 11) is 0. The number of halogens is 1. The molecule has 0 bridgehead atoms. The van der Waals surface area contributed by atoms with Crippen molar-refractivity contribution >= 4 is 52.2 Å². The van der Waals surface area contributed by atoms with Gasteiger partial charge in [0.25, 0.3) is 0 Å². The molecule has 3 atom stereocenters. The lowest BCUT2D eigenvalue weighted by Gasteiger charge is -2.30. The lowest BCUT2D eigenvalue weighted by atomic mass is 9.81. The van der Waals surface area contributed by atoms with Crippen molar-refractivity contribution in [1.29, 1.82) is 0 Å². The predicted molar refractivity (Wildman–Crippen MR) is 115 cm³/mol. The number of aromatic nitrogens is 1. The number of imide groups is 1. The summed E-state index contributed by atoms with van der Waals surface area (Å²) in [4.78, 5) is 43.6. The number of benzene rings is 2. The number of hydrogen-bond acceptors (Lipinski definition) is 5. The highest BCUT2D eigenvalue weighted by Crippen LogP contribution is 2.53. The van der Waals surface area contributed by atoms with Crippen molar-refractivity contribution in [2.24, 2.45) is 5.92 Å². The van der Waals surface area contributed by atoms with Crippen LogP contribution in [0.5, 0.6) is 0 Å². The molecule has 2 aliphatic heterocycles. The molecule has 1 N–H and O–H groups in total. The molecule has 5 rings (SSSR count). The Bertz CT molecular complexity index is 1200. The Labute approximate surface area is 179 Å². The van der Waals surface area contributed by atoms with E-state index < -0.39 is 11.2 Å². The smallest absolute Gasteiger partial charge is 0.305 e. The van der Waals surface area contributed by atoms with Gasteiger partial charge in [0.2, 0.25) is 11.8 Å². The van der Waals surface area contributed by atoms with Gasteiger partial charge in [-0.3, -0.25) is 14.4 Å². The van der Waals surface area contributed by atoms with E-state index in [1.54, 1.807) is 24.3 Å². The number of anilines is 1. The summed E-state index contributed by atoms with van der Waals surface area (Å²) in [5.41, 5.74) is 2.51. The molecular weight excluding hydrogens is 428 g/mol. The van der Waals surface area contributed by atoms with Gasteiger partial charge in [-0.2, -0.15) is 0 Å². The maximum absolute atomic E-state index is 13.5. The van der Waals surface area contributed by atoms with Gasteiger partial charge in [0.05, 0.1) is 16.6 Å². The van der Waals surface area contributed by atoms with Gasteiger partial charge in [-0.25, -0.2) is 4.90 Å². The number of nitrogens with zero attached hydrogens (tertiary/aromatic N) is 1. The number of rotatable bonds is 2. The van der Waals surface area contributed by atoms with E-state index in [-0.39, 0.29) is 22.6 Å². The van der Waals surface area contributed by atoms with E-state index in [2.05, 4.69) is 4.98 Å². The molecule has 29 heavy (non-hydrogen) atoms. The summed E-state index contributed by atoms with van der Waals surface area (Å²) < 4.78 is 0. The van der Waals surface area contributed by atoms with Crippen LogP contribution in [0.1, 0.15) is 21.9 Å². The van der Waals surface area contributed by atoms with Gasteiger partial charge >= 0.3 is 4.87 Å². The average Bonchev–Trinajstić information content (AvgIpc) is 3.19. The highest BCUT2D eigenvalue weighted by Gasteiger charge is 2.56. The fraction of sp³-hybridized carbons (Fsp3) is 0.190. The number of H-pyrrole nitrogens is 1. The monoisotopic (exact) mass is 442 g/mol. The molecule has 2 aromatic carbocycles. The van der Waals surface area contributed by atoms with E-state index >= 15 is 0 Å². The summed E-state index contributed by atoms with van der Waals surface area (Å²) >= 11 is 8.37. The van der Waals surface area contributed by atoms with Crippen molar-refractivity contribution in [1.82, 2.24) is 4.98 Å². The van der Waals surface area contributed by atoms with Crippen LogP contribution in [0, 0.1) is 12.8 Å². The maximum Gasteiger partial charge on any atom is 0.305 e. The molecule has 5 nitrogen and oxygen atoms in total. The van der Waals surface area contributed by atoms with Crippen LogP contribution >= 0.6 is 34.7 Å². The van der Waals surface area contributed by atoms with Gasteiger partial charge in [0.15, 0.2) is 0 Å². The standard InChI is InChI=1S/C21H15ClN2O3S2/c1-10-4-2-3-5-13(10)14-15-17(28-18-16(14)29-21(27)23-18)20(26)24(19(15)25)12-8-6-11(22)7-9-12/h2-9,14-15,17H,1H3,(H,23,27). The molecule has 0 aliphatic carbocycles. The molecule has 3 unspecified atom stereocenters. The second kappa shape index (κ2) is 6.86. The molecule has 146 valence electrons. The zero-order valence-corrected chi connectivity index (χ0v) is 17.6. The van der Waals surface area contributed by atoms with Gasteiger partial charge in [-0.15, -0.1) is 0 Å². The van der Waals surface area contributed by atoms with E-state index in [1.807, 2.05) is 31.2 Å². The van der Waals surface area contributed by atoms with E-state index in [1.165, 1.54) is 16.7 Å². The van der Waals surface area contributed by atoms with Crippen molar-refractivity contribution in [3.05, 3.63) is 79.2 Å². The Hall–Kier alpha value is -2.35. The Morgan fingerprint density at radius 2 is 1.72 bits per heavy atom. The van der Waals surface area contributed by atoms with Crippen molar-refractivity contribution in [2.75, 3.05) is 4.90 Å². The van der Waals surface area contributed by atoms with E-state index in [9.17, 15) is 14.4 Å². The van der Waals surface area contributed by atoms with Crippen LogP contribution in [-0.2, 0) is 9.59 Å².